The molecular formula is C20H21N3O2S3. The molecule has 0 fully saturated rings. The highest BCUT2D eigenvalue weighted by molar-refractivity contribution is 8.00. The molecular weight excluding hydrogens is 410 g/mol. The van der Waals surface area contributed by atoms with Crippen molar-refractivity contribution in [3.63, 3.8) is 0 Å². The van der Waals surface area contributed by atoms with E-state index in [1.54, 1.807) is 47.7 Å². The van der Waals surface area contributed by atoms with Crippen LogP contribution >= 0.6 is 34.4 Å². The molecule has 1 N–H and O–H groups in total. The number of thiazole rings is 1. The fourth-order valence-corrected chi connectivity index (χ4v) is 5.02. The minimum atomic E-state index is -0.139. The zero-order chi connectivity index (χ0) is 20.1. The van der Waals surface area contributed by atoms with E-state index in [4.69, 9.17) is 0 Å². The Hall–Kier alpha value is -2.16. The zero-order valence-corrected chi connectivity index (χ0v) is 18.3. The predicted octanol–water partition coefficient (Wildman–Crippen LogP) is 4.29. The summed E-state index contributed by atoms with van der Waals surface area (Å²) >= 11 is 4.64. The quantitative estimate of drug-likeness (QED) is 0.567. The van der Waals surface area contributed by atoms with Crippen LogP contribution in [0.25, 0.3) is 10.6 Å². The number of benzene rings is 1. The number of aryl methyl sites for hydroxylation is 1. The molecule has 0 radical (unpaired) electrons. The molecule has 0 aliphatic rings. The number of nitrogens with zero attached hydrogens (tertiary/aromatic N) is 2. The molecule has 0 spiro atoms. The Morgan fingerprint density at radius 3 is 2.68 bits per heavy atom. The van der Waals surface area contributed by atoms with E-state index in [-0.39, 0.29) is 11.8 Å². The summed E-state index contributed by atoms with van der Waals surface area (Å²) in [5.74, 6) is 0.182. The molecule has 0 bridgehead atoms. The van der Waals surface area contributed by atoms with Gasteiger partial charge in [-0.1, -0.05) is 12.1 Å². The first-order valence-electron chi connectivity index (χ1n) is 8.65. The van der Waals surface area contributed by atoms with Gasteiger partial charge in [-0.3, -0.25) is 9.59 Å². The first-order valence-corrected chi connectivity index (χ1v) is 11.3. The number of aromatic nitrogens is 1. The molecule has 0 saturated carbocycles. The minimum Gasteiger partial charge on any atom is -0.348 e. The number of thiophene rings is 1. The number of carbonyl (C=O) groups is 2. The average Bonchev–Trinajstić information content (AvgIpc) is 3.33. The van der Waals surface area contributed by atoms with E-state index < -0.39 is 0 Å². The molecule has 0 aliphatic carbocycles. The summed E-state index contributed by atoms with van der Waals surface area (Å²) in [7, 11) is 3.45. The van der Waals surface area contributed by atoms with Gasteiger partial charge in [0.1, 0.15) is 0 Å². The predicted molar refractivity (Wildman–Crippen MR) is 117 cm³/mol. The van der Waals surface area contributed by atoms with Crippen molar-refractivity contribution in [2.75, 3.05) is 19.8 Å². The minimum absolute atomic E-state index is 0.0172. The van der Waals surface area contributed by atoms with Gasteiger partial charge in [0.25, 0.3) is 5.91 Å². The zero-order valence-electron chi connectivity index (χ0n) is 15.9. The van der Waals surface area contributed by atoms with E-state index in [2.05, 4.69) is 10.3 Å². The molecule has 2 aromatic heterocycles. The Morgan fingerprint density at radius 1 is 1.18 bits per heavy atom. The highest BCUT2D eigenvalue weighted by Crippen LogP contribution is 2.29. The van der Waals surface area contributed by atoms with Gasteiger partial charge in [0.15, 0.2) is 0 Å². The van der Waals surface area contributed by atoms with Gasteiger partial charge in [-0.25, -0.2) is 4.98 Å². The van der Waals surface area contributed by atoms with Gasteiger partial charge in [0.2, 0.25) is 5.91 Å². The van der Waals surface area contributed by atoms with Crippen LogP contribution in [0.2, 0.25) is 0 Å². The molecule has 0 atom stereocenters. The number of thioether (sulfide) groups is 1. The van der Waals surface area contributed by atoms with Crippen molar-refractivity contribution < 1.29 is 9.59 Å². The van der Waals surface area contributed by atoms with Crippen molar-refractivity contribution in [1.29, 1.82) is 0 Å². The van der Waals surface area contributed by atoms with Crippen LogP contribution in [0, 0.1) is 6.92 Å². The number of rotatable bonds is 7. The second-order valence-electron chi connectivity index (χ2n) is 6.27. The number of hydrogen-bond donors (Lipinski definition) is 1. The lowest BCUT2D eigenvalue weighted by Crippen LogP contribution is -2.24. The summed E-state index contributed by atoms with van der Waals surface area (Å²) < 4.78 is 0. The number of hydrogen-bond acceptors (Lipinski definition) is 6. The second-order valence-corrected chi connectivity index (χ2v) is 9.52. The maximum Gasteiger partial charge on any atom is 0.252 e. The first-order chi connectivity index (χ1) is 13.4. The maximum absolute atomic E-state index is 12.7. The lowest BCUT2D eigenvalue weighted by atomic mass is 10.2. The van der Waals surface area contributed by atoms with Crippen molar-refractivity contribution in [1.82, 2.24) is 15.2 Å². The van der Waals surface area contributed by atoms with Crippen LogP contribution < -0.4 is 5.32 Å². The van der Waals surface area contributed by atoms with E-state index in [1.807, 2.05) is 42.6 Å². The van der Waals surface area contributed by atoms with E-state index in [1.165, 1.54) is 11.8 Å². The molecule has 1 aromatic carbocycles. The molecule has 28 heavy (non-hydrogen) atoms. The van der Waals surface area contributed by atoms with Crippen molar-refractivity contribution in [3.05, 3.63) is 57.2 Å². The Morgan fingerprint density at radius 2 is 1.96 bits per heavy atom. The Kier molecular flexibility index (Phi) is 6.88. The second kappa shape index (κ2) is 9.36. The fourth-order valence-electron chi connectivity index (χ4n) is 2.40. The molecule has 0 saturated heterocycles. The summed E-state index contributed by atoms with van der Waals surface area (Å²) in [6.45, 7) is 2.45. The average molecular weight is 432 g/mol. The van der Waals surface area contributed by atoms with Gasteiger partial charge in [0.05, 0.1) is 33.4 Å². The number of carbonyl (C=O) groups excluding carboxylic acids is 2. The molecule has 3 aromatic rings. The smallest absolute Gasteiger partial charge is 0.252 e. The van der Waals surface area contributed by atoms with E-state index in [0.29, 0.717) is 17.9 Å². The van der Waals surface area contributed by atoms with Crippen LogP contribution in [0.1, 0.15) is 20.2 Å². The Bertz CT molecular complexity index is 978. The standard InChI is InChI=1S/C20H21N3O2S3/c1-13-22-16(11-26-13)18-9-8-14(28-18)10-21-20(25)15-6-4-5-7-17(15)27-12-19(24)23(2)3/h4-9,11H,10,12H2,1-3H3,(H,21,25). The van der Waals surface area contributed by atoms with E-state index in [9.17, 15) is 9.59 Å². The van der Waals surface area contributed by atoms with Crippen LogP contribution in [-0.2, 0) is 11.3 Å². The molecule has 2 amide bonds. The SMILES string of the molecule is Cc1nc(-c2ccc(CNC(=O)c3ccccc3SCC(=O)N(C)C)s2)cs1. The fraction of sp³-hybridized carbons (Fsp3) is 0.250. The highest BCUT2D eigenvalue weighted by Gasteiger charge is 2.14. The molecule has 8 heteroatoms. The Balaban J connectivity index is 1.62. The molecule has 0 unspecified atom stereocenters. The van der Waals surface area contributed by atoms with E-state index >= 15 is 0 Å². The maximum atomic E-state index is 12.7. The molecule has 146 valence electrons. The summed E-state index contributed by atoms with van der Waals surface area (Å²) in [6.07, 6.45) is 0. The van der Waals surface area contributed by atoms with E-state index in [0.717, 1.165) is 25.4 Å². The van der Waals surface area contributed by atoms with Crippen LogP contribution in [-0.4, -0.2) is 41.5 Å². The van der Waals surface area contributed by atoms with Crippen LogP contribution in [0.3, 0.4) is 0 Å². The molecule has 2 heterocycles. The molecule has 0 aliphatic heterocycles. The highest BCUT2D eigenvalue weighted by atomic mass is 32.2. The molecule has 5 nitrogen and oxygen atoms in total. The van der Waals surface area contributed by atoms with Crippen molar-refractivity contribution in [2.24, 2.45) is 0 Å². The van der Waals surface area contributed by atoms with Gasteiger partial charge < -0.3 is 10.2 Å². The summed E-state index contributed by atoms with van der Waals surface area (Å²) in [4.78, 5) is 33.5. The Labute approximate surface area is 176 Å². The van der Waals surface area contributed by atoms with Crippen LogP contribution in [0.15, 0.2) is 46.7 Å². The van der Waals surface area contributed by atoms with Gasteiger partial charge in [-0.15, -0.1) is 34.4 Å². The van der Waals surface area contributed by atoms with Crippen molar-refractivity contribution in [3.8, 4) is 10.6 Å². The lowest BCUT2D eigenvalue weighted by molar-refractivity contribution is -0.125. The van der Waals surface area contributed by atoms with Gasteiger partial charge in [-0.05, 0) is 31.2 Å². The topological polar surface area (TPSA) is 62.3 Å². The molecule has 3 rings (SSSR count). The first kappa shape index (κ1) is 20.6. The number of amides is 2. The third-order valence-electron chi connectivity index (χ3n) is 3.94. The third kappa shape index (κ3) is 5.21. The lowest BCUT2D eigenvalue weighted by Gasteiger charge is -2.12. The van der Waals surface area contributed by atoms with Crippen LogP contribution in [0.5, 0.6) is 0 Å². The van der Waals surface area contributed by atoms with Gasteiger partial charge in [0, 0.05) is 29.2 Å². The summed E-state index contributed by atoms with van der Waals surface area (Å²) in [5.41, 5.74) is 1.57. The normalized spacial score (nSPS) is 10.7. The van der Waals surface area contributed by atoms with Crippen LogP contribution in [0.4, 0.5) is 0 Å². The van der Waals surface area contributed by atoms with Gasteiger partial charge >= 0.3 is 0 Å². The summed E-state index contributed by atoms with van der Waals surface area (Å²) in [5, 5.41) is 6.07. The third-order valence-corrected chi connectivity index (χ3v) is 6.88. The van der Waals surface area contributed by atoms with Crippen molar-refractivity contribution >= 4 is 46.2 Å². The van der Waals surface area contributed by atoms with Crippen molar-refractivity contribution in [2.45, 2.75) is 18.4 Å². The monoisotopic (exact) mass is 431 g/mol. The number of nitrogens with one attached hydrogen (secondary N) is 1. The largest absolute Gasteiger partial charge is 0.348 e. The van der Waals surface area contributed by atoms with Gasteiger partial charge in [-0.2, -0.15) is 0 Å². The summed E-state index contributed by atoms with van der Waals surface area (Å²) in [6, 6.07) is 11.4.